The van der Waals surface area contributed by atoms with Crippen LogP contribution in [0.2, 0.25) is 0 Å². The number of aliphatic hydroxyl groups excluding tert-OH is 11. The van der Waals surface area contributed by atoms with Crippen LogP contribution in [0.1, 0.15) is 219 Å². The van der Waals surface area contributed by atoms with Gasteiger partial charge in [-0.05, 0) is 57.8 Å². The number of carbonyl (C=O) groups excluding carboxylic acids is 1. The van der Waals surface area contributed by atoms with Crippen molar-refractivity contribution >= 4 is 5.91 Å². The molecule has 3 rings (SSSR count). The molecule has 0 saturated carbocycles. The van der Waals surface area contributed by atoms with Gasteiger partial charge in [0.05, 0.1) is 38.6 Å². The lowest BCUT2D eigenvalue weighted by atomic mass is 9.96. The maximum absolute atomic E-state index is 13.4. The van der Waals surface area contributed by atoms with Crippen LogP contribution in [0.4, 0.5) is 0 Å². The molecule has 3 aliphatic heterocycles. The lowest BCUT2D eigenvalue weighted by Crippen LogP contribution is -2.66. The first-order valence-electron chi connectivity index (χ1n) is 33.0. The second-order valence-electron chi connectivity index (χ2n) is 23.6. The first-order valence-corrected chi connectivity index (χ1v) is 33.0. The minimum absolute atomic E-state index is 0.232. The van der Waals surface area contributed by atoms with Crippen LogP contribution < -0.4 is 5.32 Å². The van der Waals surface area contributed by atoms with Crippen LogP contribution in [0.5, 0.6) is 0 Å². The van der Waals surface area contributed by atoms with Gasteiger partial charge < -0.3 is 89.9 Å². The molecule has 0 aliphatic carbocycles. The molecule has 12 N–H and O–H groups in total. The molecule has 0 aromatic heterocycles. The number of unbranched alkanes of at least 4 members (excludes halogenated alkanes) is 25. The quantitative estimate of drug-likeness (QED) is 0.0206. The summed E-state index contributed by atoms with van der Waals surface area (Å²) in [5, 5.41) is 120. The van der Waals surface area contributed by atoms with E-state index >= 15 is 0 Å². The van der Waals surface area contributed by atoms with Crippen LogP contribution in [0, 0.1) is 0 Å². The topological polar surface area (TPSA) is 307 Å². The van der Waals surface area contributed by atoms with Crippen molar-refractivity contribution in [1.82, 2.24) is 5.32 Å². The summed E-state index contributed by atoms with van der Waals surface area (Å²) in [5.41, 5.74) is 0. The van der Waals surface area contributed by atoms with Crippen molar-refractivity contribution in [2.75, 3.05) is 26.4 Å². The summed E-state index contributed by atoms with van der Waals surface area (Å²) >= 11 is 0. The van der Waals surface area contributed by atoms with Crippen molar-refractivity contribution < 1.29 is 89.4 Å². The normalized spacial score (nSPS) is 29.4. The standard InChI is InChI=1S/C66H117NO18/c1-3-5-7-9-11-13-15-17-19-21-23-24-26-28-30-32-34-36-38-40-42-44-54(72)67-49(50(71)43-41-39-37-35-33-31-29-27-25-22-20-18-16-14-12-10-8-6-4-2)48-80-64-60(78)57(75)62(52(46-69)82-64)85-66-61(79)58(76)63(53(47-70)83-66)84-65-59(77)56(74)55(73)51(45-68)81-65/h5,7,11,13,17,19,23-24,41,43,49-53,55-66,68-71,73-79H,3-4,6,8-10,12,14-16,18,20-22,25-40,42,44-48H2,1-2H3,(H,67,72)/b7-5-,13-11-,19-17-,24-23-,43-41+. The molecule has 0 spiro atoms. The van der Waals surface area contributed by atoms with Gasteiger partial charge in [0, 0.05) is 6.42 Å². The van der Waals surface area contributed by atoms with Gasteiger partial charge in [-0.3, -0.25) is 4.79 Å². The van der Waals surface area contributed by atoms with Crippen molar-refractivity contribution in [1.29, 1.82) is 0 Å². The molecule has 85 heavy (non-hydrogen) atoms. The molecule has 19 nitrogen and oxygen atoms in total. The highest BCUT2D eigenvalue weighted by Crippen LogP contribution is 2.33. The van der Waals surface area contributed by atoms with Crippen molar-refractivity contribution in [3.63, 3.8) is 0 Å². The van der Waals surface area contributed by atoms with Gasteiger partial charge in [-0.25, -0.2) is 0 Å². The van der Waals surface area contributed by atoms with Crippen molar-refractivity contribution in [2.24, 2.45) is 0 Å². The molecule has 3 saturated heterocycles. The smallest absolute Gasteiger partial charge is 0.220 e. The zero-order valence-corrected chi connectivity index (χ0v) is 51.8. The number of hydrogen-bond acceptors (Lipinski definition) is 18. The first-order chi connectivity index (χ1) is 41.3. The van der Waals surface area contributed by atoms with Gasteiger partial charge in [-0.2, -0.15) is 0 Å². The van der Waals surface area contributed by atoms with Gasteiger partial charge in [0.25, 0.3) is 0 Å². The molecule has 3 aliphatic rings. The highest BCUT2D eigenvalue weighted by atomic mass is 16.8. The minimum atomic E-state index is -1.98. The molecule has 0 aromatic carbocycles. The fraction of sp³-hybridized carbons (Fsp3) is 0.833. The van der Waals surface area contributed by atoms with E-state index in [4.69, 9.17) is 28.4 Å². The Bertz CT molecular complexity index is 1780. The van der Waals surface area contributed by atoms with Gasteiger partial charge in [0.1, 0.15) is 73.2 Å². The Kier molecular flexibility index (Phi) is 43.7. The van der Waals surface area contributed by atoms with Crippen LogP contribution in [-0.4, -0.2) is 193 Å². The number of rotatable bonds is 49. The molecule has 1 amide bonds. The summed E-state index contributed by atoms with van der Waals surface area (Å²) in [4.78, 5) is 13.4. The van der Waals surface area contributed by atoms with Crippen molar-refractivity contribution in [3.05, 3.63) is 60.8 Å². The monoisotopic (exact) mass is 1210 g/mol. The highest BCUT2D eigenvalue weighted by Gasteiger charge is 2.53. The third-order valence-electron chi connectivity index (χ3n) is 16.3. The Hall–Kier alpha value is -2.51. The van der Waals surface area contributed by atoms with Gasteiger partial charge in [0.2, 0.25) is 5.91 Å². The molecule has 0 aromatic rings. The van der Waals surface area contributed by atoms with E-state index in [9.17, 15) is 61.0 Å². The van der Waals surface area contributed by atoms with Gasteiger partial charge in [-0.1, -0.05) is 216 Å². The summed E-state index contributed by atoms with van der Waals surface area (Å²) in [7, 11) is 0. The average molecular weight is 1210 g/mol. The molecule has 17 atom stereocenters. The number of amides is 1. The van der Waals surface area contributed by atoms with E-state index in [0.717, 1.165) is 83.5 Å². The number of carbonyl (C=O) groups is 1. The fourth-order valence-electron chi connectivity index (χ4n) is 10.9. The van der Waals surface area contributed by atoms with E-state index in [0.29, 0.717) is 6.42 Å². The van der Waals surface area contributed by atoms with Gasteiger partial charge in [-0.15, -0.1) is 0 Å². The predicted molar refractivity (Wildman–Crippen MR) is 328 cm³/mol. The molecular weight excluding hydrogens is 1090 g/mol. The van der Waals surface area contributed by atoms with Crippen LogP contribution >= 0.6 is 0 Å². The Balaban J connectivity index is 1.47. The van der Waals surface area contributed by atoms with E-state index < -0.39 is 124 Å². The van der Waals surface area contributed by atoms with E-state index in [1.807, 2.05) is 6.08 Å². The number of allylic oxidation sites excluding steroid dienone is 9. The maximum Gasteiger partial charge on any atom is 0.220 e. The first kappa shape index (κ1) is 76.7. The van der Waals surface area contributed by atoms with Gasteiger partial charge >= 0.3 is 0 Å². The second kappa shape index (κ2) is 48.4. The van der Waals surface area contributed by atoms with E-state index in [-0.39, 0.29) is 18.9 Å². The third-order valence-corrected chi connectivity index (χ3v) is 16.3. The number of aliphatic hydroxyl groups is 11. The van der Waals surface area contributed by atoms with E-state index in [2.05, 4.69) is 67.8 Å². The second-order valence-corrected chi connectivity index (χ2v) is 23.6. The van der Waals surface area contributed by atoms with Crippen molar-refractivity contribution in [2.45, 2.75) is 324 Å². The lowest BCUT2D eigenvalue weighted by Gasteiger charge is -2.48. The number of nitrogens with one attached hydrogen (secondary N) is 1. The number of ether oxygens (including phenoxy) is 6. The summed E-state index contributed by atoms with van der Waals surface area (Å²) in [6.07, 6.45) is 30.4. The number of hydrogen-bond donors (Lipinski definition) is 12. The van der Waals surface area contributed by atoms with Crippen LogP contribution in [0.3, 0.4) is 0 Å². The Morgan fingerprint density at radius 2 is 0.812 bits per heavy atom. The average Bonchev–Trinajstić information content (AvgIpc) is 3.10. The van der Waals surface area contributed by atoms with E-state index in [1.54, 1.807) is 6.08 Å². The fourth-order valence-corrected chi connectivity index (χ4v) is 10.9. The minimum Gasteiger partial charge on any atom is -0.394 e. The van der Waals surface area contributed by atoms with E-state index in [1.165, 1.54) is 109 Å². The Morgan fingerprint density at radius 3 is 1.27 bits per heavy atom. The molecule has 0 radical (unpaired) electrons. The predicted octanol–water partition coefficient (Wildman–Crippen LogP) is 7.60. The van der Waals surface area contributed by atoms with Gasteiger partial charge in [0.15, 0.2) is 18.9 Å². The molecule has 17 unspecified atom stereocenters. The largest absolute Gasteiger partial charge is 0.394 e. The summed E-state index contributed by atoms with van der Waals surface area (Å²) in [6, 6.07) is -0.980. The third kappa shape index (κ3) is 31.2. The Labute approximate surface area is 509 Å². The Morgan fingerprint density at radius 1 is 0.435 bits per heavy atom. The zero-order chi connectivity index (χ0) is 61.9. The summed E-state index contributed by atoms with van der Waals surface area (Å²) in [6.45, 7) is 1.61. The van der Waals surface area contributed by atoms with Crippen LogP contribution in [-0.2, 0) is 33.2 Å². The van der Waals surface area contributed by atoms with Crippen molar-refractivity contribution in [3.8, 4) is 0 Å². The molecule has 19 heteroatoms. The zero-order valence-electron chi connectivity index (χ0n) is 51.8. The lowest BCUT2D eigenvalue weighted by molar-refractivity contribution is -0.379. The molecule has 3 heterocycles. The SMILES string of the molecule is CC/C=C\C/C=C\C/C=C\C/C=C\CCCCCCCCCCC(=O)NC(COC1OC(CO)C(OC2OC(CO)C(OC3OC(CO)C(O)C(O)C3O)C(O)C2O)C(O)C1O)C(O)/C=C/CCCCCCCCCCCCCCCCCCC. The highest BCUT2D eigenvalue weighted by molar-refractivity contribution is 5.76. The molecule has 0 bridgehead atoms. The summed E-state index contributed by atoms with van der Waals surface area (Å²) < 4.78 is 34.3. The van der Waals surface area contributed by atoms with Crippen LogP contribution in [0.25, 0.3) is 0 Å². The molecule has 3 fully saturated rings. The summed E-state index contributed by atoms with van der Waals surface area (Å²) in [5.74, 6) is -0.285. The maximum atomic E-state index is 13.4. The molecular formula is C66H117NO18. The van der Waals surface area contributed by atoms with Crippen LogP contribution in [0.15, 0.2) is 60.8 Å². The molecule has 494 valence electrons.